The van der Waals surface area contributed by atoms with Crippen molar-refractivity contribution >= 4 is 11.8 Å². The molecule has 0 aromatic heterocycles. The van der Waals surface area contributed by atoms with E-state index in [1.54, 1.807) is 11.8 Å². The molecule has 2 unspecified atom stereocenters. The van der Waals surface area contributed by atoms with Crippen LogP contribution in [0.2, 0.25) is 0 Å². The first-order valence-electron chi connectivity index (χ1n) is 7.01. The third kappa shape index (κ3) is 3.28. The molecule has 0 aromatic rings. The van der Waals surface area contributed by atoms with Crippen molar-refractivity contribution in [2.75, 3.05) is 46.1 Å². The van der Waals surface area contributed by atoms with E-state index in [0.717, 1.165) is 0 Å². The molecule has 2 heterocycles. The molecule has 0 saturated carbocycles. The third-order valence-corrected chi connectivity index (χ3v) is 4.02. The van der Waals surface area contributed by atoms with Gasteiger partial charge in [-0.05, 0) is 6.92 Å². The molecule has 2 amide bonds. The van der Waals surface area contributed by atoms with Crippen LogP contribution in [-0.4, -0.2) is 68.8 Å². The number of amides is 2. The van der Waals surface area contributed by atoms with E-state index in [0.29, 0.717) is 52.5 Å². The second kappa shape index (κ2) is 6.51. The molecule has 0 bridgehead atoms. The second-order valence-electron chi connectivity index (χ2n) is 5.54. The number of hydrogen-bond donors (Lipinski definition) is 2. The lowest BCUT2D eigenvalue weighted by Gasteiger charge is -2.28. The highest BCUT2D eigenvalue weighted by Crippen LogP contribution is 2.26. The van der Waals surface area contributed by atoms with Crippen LogP contribution in [0.1, 0.15) is 13.3 Å². The average molecular weight is 285 g/mol. The van der Waals surface area contributed by atoms with Gasteiger partial charge in [0.25, 0.3) is 0 Å². The Morgan fingerprint density at radius 2 is 2.05 bits per heavy atom. The minimum absolute atomic E-state index is 0.0470. The van der Waals surface area contributed by atoms with Gasteiger partial charge in [0.2, 0.25) is 11.8 Å². The zero-order valence-corrected chi connectivity index (χ0v) is 11.9. The Hall–Kier alpha value is -1.18. The predicted octanol–water partition coefficient (Wildman–Crippen LogP) is -1.28. The molecule has 0 aliphatic carbocycles. The van der Waals surface area contributed by atoms with E-state index in [9.17, 15) is 9.59 Å². The third-order valence-electron chi connectivity index (χ3n) is 4.02. The molecular weight excluding hydrogens is 262 g/mol. The maximum atomic E-state index is 12.1. The maximum Gasteiger partial charge on any atom is 0.229 e. The number of nitrogens with zero attached hydrogens (tertiary/aromatic N) is 1. The van der Waals surface area contributed by atoms with E-state index >= 15 is 0 Å². The molecule has 0 spiro atoms. The average Bonchev–Trinajstić information content (AvgIpc) is 2.80. The van der Waals surface area contributed by atoms with Crippen LogP contribution in [0.15, 0.2) is 0 Å². The molecule has 7 nitrogen and oxygen atoms in total. The van der Waals surface area contributed by atoms with Crippen LogP contribution < -0.4 is 11.1 Å². The Morgan fingerprint density at radius 3 is 2.65 bits per heavy atom. The number of carbonyl (C=O) groups excluding carboxylic acids is 2. The zero-order chi connectivity index (χ0) is 14.6. The molecule has 0 radical (unpaired) electrons. The molecule has 20 heavy (non-hydrogen) atoms. The normalized spacial score (nSPS) is 30.3. The van der Waals surface area contributed by atoms with Crippen LogP contribution in [0.4, 0.5) is 0 Å². The molecular formula is C13H23N3O4. The van der Waals surface area contributed by atoms with Gasteiger partial charge >= 0.3 is 0 Å². The molecule has 0 aromatic carbocycles. The Bertz CT molecular complexity index is 371. The van der Waals surface area contributed by atoms with Gasteiger partial charge in [-0.15, -0.1) is 0 Å². The Kier molecular flexibility index (Phi) is 4.95. The number of carbonyl (C=O) groups is 2. The van der Waals surface area contributed by atoms with Crippen LogP contribution in [0.25, 0.3) is 0 Å². The number of ether oxygens (including phenoxy) is 2. The highest BCUT2D eigenvalue weighted by molar-refractivity contribution is 5.84. The first-order valence-corrected chi connectivity index (χ1v) is 7.01. The molecule has 2 atom stereocenters. The minimum Gasteiger partial charge on any atom is -0.379 e. The highest BCUT2D eigenvalue weighted by Gasteiger charge is 2.44. The summed E-state index contributed by atoms with van der Waals surface area (Å²) in [7, 11) is 0. The SMILES string of the molecule is CC1(C(=O)NCCC(=O)N2CCOCC2)COCC1N. The van der Waals surface area contributed by atoms with Crippen molar-refractivity contribution in [2.45, 2.75) is 19.4 Å². The number of morpholine rings is 1. The van der Waals surface area contributed by atoms with Crippen molar-refractivity contribution in [2.24, 2.45) is 11.1 Å². The summed E-state index contributed by atoms with van der Waals surface area (Å²) >= 11 is 0. The lowest BCUT2D eigenvalue weighted by Crippen LogP contribution is -2.50. The molecule has 2 aliphatic rings. The molecule has 2 aliphatic heterocycles. The van der Waals surface area contributed by atoms with E-state index in [4.69, 9.17) is 15.2 Å². The Labute approximate surface area is 118 Å². The minimum atomic E-state index is -0.692. The fourth-order valence-corrected chi connectivity index (χ4v) is 2.38. The van der Waals surface area contributed by atoms with E-state index in [2.05, 4.69) is 5.32 Å². The van der Waals surface area contributed by atoms with Crippen molar-refractivity contribution in [1.29, 1.82) is 0 Å². The smallest absolute Gasteiger partial charge is 0.229 e. The summed E-state index contributed by atoms with van der Waals surface area (Å²) in [6.07, 6.45) is 0.303. The lowest BCUT2D eigenvalue weighted by atomic mass is 9.85. The zero-order valence-electron chi connectivity index (χ0n) is 11.9. The van der Waals surface area contributed by atoms with Crippen LogP contribution in [-0.2, 0) is 19.1 Å². The quantitative estimate of drug-likeness (QED) is 0.671. The van der Waals surface area contributed by atoms with Gasteiger partial charge in [-0.1, -0.05) is 0 Å². The van der Waals surface area contributed by atoms with Crippen LogP contribution >= 0.6 is 0 Å². The summed E-state index contributed by atoms with van der Waals surface area (Å²) in [5.74, 6) is -0.0944. The standard InChI is InChI=1S/C13H23N3O4/c1-13(9-20-8-10(13)14)12(18)15-3-2-11(17)16-4-6-19-7-5-16/h10H,2-9,14H2,1H3,(H,15,18). The Balaban J connectivity index is 1.72. The van der Waals surface area contributed by atoms with Gasteiger partial charge in [-0.2, -0.15) is 0 Å². The molecule has 2 saturated heterocycles. The van der Waals surface area contributed by atoms with E-state index in [1.165, 1.54) is 0 Å². The van der Waals surface area contributed by atoms with Crippen LogP contribution in [0, 0.1) is 5.41 Å². The Morgan fingerprint density at radius 1 is 1.35 bits per heavy atom. The number of nitrogens with two attached hydrogens (primary N) is 1. The number of hydrogen-bond acceptors (Lipinski definition) is 5. The summed E-state index contributed by atoms with van der Waals surface area (Å²) in [6.45, 7) is 5.28. The summed E-state index contributed by atoms with van der Waals surface area (Å²) < 4.78 is 10.4. The molecule has 2 fully saturated rings. The van der Waals surface area contributed by atoms with Gasteiger partial charge < -0.3 is 25.4 Å². The number of rotatable bonds is 4. The summed E-state index contributed by atoms with van der Waals surface area (Å²) in [4.78, 5) is 25.8. The van der Waals surface area contributed by atoms with Gasteiger partial charge in [-0.3, -0.25) is 9.59 Å². The fraction of sp³-hybridized carbons (Fsp3) is 0.846. The van der Waals surface area contributed by atoms with Gasteiger partial charge in [-0.25, -0.2) is 0 Å². The van der Waals surface area contributed by atoms with E-state index in [1.807, 2.05) is 0 Å². The topological polar surface area (TPSA) is 93.9 Å². The molecule has 114 valence electrons. The van der Waals surface area contributed by atoms with Crippen molar-refractivity contribution < 1.29 is 19.1 Å². The number of nitrogens with one attached hydrogen (secondary N) is 1. The van der Waals surface area contributed by atoms with Crippen molar-refractivity contribution in [3.8, 4) is 0 Å². The molecule has 7 heteroatoms. The fourth-order valence-electron chi connectivity index (χ4n) is 2.38. The monoisotopic (exact) mass is 285 g/mol. The van der Waals surface area contributed by atoms with Crippen molar-refractivity contribution in [3.05, 3.63) is 0 Å². The van der Waals surface area contributed by atoms with Gasteiger partial charge in [0.15, 0.2) is 0 Å². The van der Waals surface area contributed by atoms with Crippen molar-refractivity contribution in [3.63, 3.8) is 0 Å². The molecule has 3 N–H and O–H groups in total. The predicted molar refractivity (Wildman–Crippen MR) is 71.9 cm³/mol. The van der Waals surface area contributed by atoms with E-state index < -0.39 is 5.41 Å². The van der Waals surface area contributed by atoms with Crippen LogP contribution in [0.3, 0.4) is 0 Å². The lowest BCUT2D eigenvalue weighted by molar-refractivity contribution is -0.135. The molecule has 2 rings (SSSR count). The van der Waals surface area contributed by atoms with Crippen LogP contribution in [0.5, 0.6) is 0 Å². The largest absolute Gasteiger partial charge is 0.379 e. The van der Waals surface area contributed by atoms with Gasteiger partial charge in [0.05, 0.1) is 31.8 Å². The first kappa shape index (κ1) is 15.2. The summed E-state index contributed by atoms with van der Waals surface area (Å²) in [6, 6.07) is -0.294. The summed E-state index contributed by atoms with van der Waals surface area (Å²) in [5.41, 5.74) is 5.20. The maximum absolute atomic E-state index is 12.1. The second-order valence-corrected chi connectivity index (χ2v) is 5.54. The first-order chi connectivity index (χ1) is 9.54. The summed E-state index contributed by atoms with van der Waals surface area (Å²) in [5, 5.41) is 2.79. The van der Waals surface area contributed by atoms with Crippen molar-refractivity contribution in [1.82, 2.24) is 10.2 Å². The highest BCUT2D eigenvalue weighted by atomic mass is 16.5. The van der Waals surface area contributed by atoms with Gasteiger partial charge in [0, 0.05) is 32.1 Å². The van der Waals surface area contributed by atoms with E-state index in [-0.39, 0.29) is 17.9 Å². The van der Waals surface area contributed by atoms with Gasteiger partial charge in [0.1, 0.15) is 0 Å².